The zero-order valence-corrected chi connectivity index (χ0v) is 23.3. The first-order valence-corrected chi connectivity index (χ1v) is 13.9. The maximum Gasteiger partial charge on any atom is 0.404 e. The number of halogens is 3. The molecule has 7 nitrogen and oxygen atoms in total. The number of hydrogen-bond donors (Lipinski definition) is 2. The Balaban J connectivity index is 1.60. The molecule has 0 bridgehead atoms. The highest BCUT2D eigenvalue weighted by molar-refractivity contribution is 6.32. The standard InChI is InChI=1S/C31H30ClF2N3O4/c1-2-22(23-11-8-20(33)17-26(23)32)29(19-6-9-21(10-7-19)40-16-14-35-31(38)39)24-12-13-27-25(30(24)34)18-36-37(27)28-5-3-4-15-41-28/h6-13,17-18,28,35H,2-5,14-16H2,1H3,(H,38,39)/b29-22+. The Morgan fingerprint density at radius 1 is 1.15 bits per heavy atom. The molecule has 3 aromatic carbocycles. The molecule has 4 aromatic rings. The van der Waals surface area contributed by atoms with Gasteiger partial charge in [0.05, 0.1) is 28.7 Å². The summed E-state index contributed by atoms with van der Waals surface area (Å²) in [6.45, 7) is 2.88. The van der Waals surface area contributed by atoms with Crippen LogP contribution >= 0.6 is 11.6 Å². The van der Waals surface area contributed by atoms with Crippen molar-refractivity contribution in [3.05, 3.63) is 94.1 Å². The molecular formula is C31H30ClF2N3O4. The van der Waals surface area contributed by atoms with Crippen molar-refractivity contribution >= 4 is 39.7 Å². The van der Waals surface area contributed by atoms with Crippen LogP contribution in [-0.4, -0.2) is 40.7 Å². The molecule has 1 saturated heterocycles. The molecule has 1 aliphatic heterocycles. The molecule has 1 aliphatic rings. The molecule has 1 amide bonds. The van der Waals surface area contributed by atoms with Crippen molar-refractivity contribution in [1.29, 1.82) is 0 Å². The number of fused-ring (bicyclic) bond motifs is 1. The van der Waals surface area contributed by atoms with E-state index in [-0.39, 0.29) is 24.4 Å². The smallest absolute Gasteiger partial charge is 0.404 e. The monoisotopic (exact) mass is 581 g/mol. The van der Waals surface area contributed by atoms with Crippen LogP contribution in [0.1, 0.15) is 55.5 Å². The SMILES string of the molecule is CC/C(=C(/c1ccc(OCCNC(=O)O)cc1)c1ccc2c(cnn2C2CCCCO2)c1F)c1ccc(F)cc1Cl. The quantitative estimate of drug-likeness (QED) is 0.156. The summed E-state index contributed by atoms with van der Waals surface area (Å²) in [7, 11) is 0. The van der Waals surface area contributed by atoms with Gasteiger partial charge >= 0.3 is 6.09 Å². The van der Waals surface area contributed by atoms with Gasteiger partial charge in [0.2, 0.25) is 0 Å². The van der Waals surface area contributed by atoms with Gasteiger partial charge in [-0.25, -0.2) is 18.3 Å². The molecule has 2 N–H and O–H groups in total. The van der Waals surface area contributed by atoms with Gasteiger partial charge in [-0.1, -0.05) is 36.7 Å². The largest absolute Gasteiger partial charge is 0.492 e. The van der Waals surface area contributed by atoms with E-state index in [1.165, 1.54) is 18.3 Å². The minimum absolute atomic E-state index is 0.135. The molecule has 1 atom stereocenters. The van der Waals surface area contributed by atoms with Gasteiger partial charge in [0.15, 0.2) is 6.23 Å². The van der Waals surface area contributed by atoms with Gasteiger partial charge in [0.1, 0.15) is 24.0 Å². The molecule has 41 heavy (non-hydrogen) atoms. The summed E-state index contributed by atoms with van der Waals surface area (Å²) in [6.07, 6.45) is 3.50. The number of carbonyl (C=O) groups is 1. The lowest BCUT2D eigenvalue weighted by Gasteiger charge is -2.23. The highest BCUT2D eigenvalue weighted by Gasteiger charge is 2.24. The first-order chi connectivity index (χ1) is 19.9. The van der Waals surface area contributed by atoms with Gasteiger partial charge in [-0.3, -0.25) is 0 Å². The number of ether oxygens (including phenoxy) is 2. The fourth-order valence-corrected chi connectivity index (χ4v) is 5.48. The number of hydrogen-bond acceptors (Lipinski definition) is 4. The average Bonchev–Trinajstić information content (AvgIpc) is 3.41. The summed E-state index contributed by atoms with van der Waals surface area (Å²) in [5.41, 5.74) is 3.68. The highest BCUT2D eigenvalue weighted by atomic mass is 35.5. The van der Waals surface area contributed by atoms with Crippen LogP contribution in [0.25, 0.3) is 22.0 Å². The molecule has 0 aliphatic carbocycles. The number of benzene rings is 3. The summed E-state index contributed by atoms with van der Waals surface area (Å²) in [5, 5.41) is 16.1. The zero-order chi connectivity index (χ0) is 28.9. The summed E-state index contributed by atoms with van der Waals surface area (Å²) in [6, 6.07) is 14.9. The molecule has 0 saturated carbocycles. The van der Waals surface area contributed by atoms with Crippen LogP contribution in [0, 0.1) is 11.6 Å². The number of aromatic nitrogens is 2. The first-order valence-electron chi connectivity index (χ1n) is 13.5. The van der Waals surface area contributed by atoms with Crippen molar-refractivity contribution < 1.29 is 28.2 Å². The zero-order valence-electron chi connectivity index (χ0n) is 22.5. The van der Waals surface area contributed by atoms with Gasteiger partial charge in [-0.15, -0.1) is 0 Å². The fourth-order valence-electron chi connectivity index (χ4n) is 5.20. The Morgan fingerprint density at radius 2 is 1.93 bits per heavy atom. The third-order valence-electron chi connectivity index (χ3n) is 7.11. The van der Waals surface area contributed by atoms with E-state index in [0.717, 1.165) is 24.8 Å². The predicted octanol–water partition coefficient (Wildman–Crippen LogP) is 7.68. The Hall–Kier alpha value is -3.95. The molecule has 1 unspecified atom stereocenters. The minimum atomic E-state index is -1.12. The van der Waals surface area contributed by atoms with Crippen molar-refractivity contribution in [2.45, 2.75) is 38.8 Å². The lowest BCUT2D eigenvalue weighted by Crippen LogP contribution is -2.26. The molecule has 2 heterocycles. The number of nitrogens with one attached hydrogen (secondary N) is 1. The van der Waals surface area contributed by atoms with E-state index >= 15 is 4.39 Å². The fraction of sp³-hybridized carbons (Fsp3) is 0.290. The first kappa shape index (κ1) is 28.6. The van der Waals surface area contributed by atoms with E-state index in [4.69, 9.17) is 26.2 Å². The predicted molar refractivity (Wildman–Crippen MR) is 154 cm³/mol. The third kappa shape index (κ3) is 6.21. The molecule has 10 heteroatoms. The number of allylic oxidation sites excluding steroid dienone is 1. The maximum atomic E-state index is 16.4. The molecule has 0 radical (unpaired) electrons. The Labute approximate surface area is 241 Å². The summed E-state index contributed by atoms with van der Waals surface area (Å²) in [4.78, 5) is 10.7. The highest BCUT2D eigenvalue weighted by Crippen LogP contribution is 2.40. The normalized spacial score (nSPS) is 16.0. The van der Waals surface area contributed by atoms with Crippen LogP contribution in [0.5, 0.6) is 5.75 Å². The van der Waals surface area contributed by atoms with Crippen LogP contribution in [0.4, 0.5) is 13.6 Å². The van der Waals surface area contributed by atoms with Crippen molar-refractivity contribution in [2.24, 2.45) is 0 Å². The second-order valence-electron chi connectivity index (χ2n) is 9.71. The Morgan fingerprint density at radius 3 is 2.61 bits per heavy atom. The van der Waals surface area contributed by atoms with Crippen molar-refractivity contribution in [3.8, 4) is 5.75 Å². The Kier molecular flexibility index (Phi) is 8.85. The van der Waals surface area contributed by atoms with Gasteiger partial charge < -0.3 is 19.9 Å². The summed E-state index contributed by atoms with van der Waals surface area (Å²) in [5.74, 6) is -0.355. The summed E-state index contributed by atoms with van der Waals surface area (Å²) >= 11 is 6.50. The van der Waals surface area contributed by atoms with E-state index in [0.29, 0.717) is 51.9 Å². The summed E-state index contributed by atoms with van der Waals surface area (Å²) < 4.78 is 43.6. The lowest BCUT2D eigenvalue weighted by atomic mass is 9.87. The molecule has 5 rings (SSSR count). The third-order valence-corrected chi connectivity index (χ3v) is 7.43. The van der Waals surface area contributed by atoms with Gasteiger partial charge in [-0.05, 0) is 84.4 Å². The Bertz CT molecular complexity index is 1580. The second-order valence-corrected chi connectivity index (χ2v) is 10.1. The van der Waals surface area contributed by atoms with Crippen molar-refractivity contribution in [1.82, 2.24) is 15.1 Å². The number of nitrogens with zero attached hydrogens (tertiary/aromatic N) is 2. The molecule has 1 aromatic heterocycles. The molecule has 0 spiro atoms. The average molecular weight is 582 g/mol. The van der Waals surface area contributed by atoms with E-state index < -0.39 is 17.7 Å². The second kappa shape index (κ2) is 12.7. The van der Waals surface area contributed by atoms with Gasteiger partial charge in [-0.2, -0.15) is 5.10 Å². The van der Waals surface area contributed by atoms with Crippen LogP contribution in [0.2, 0.25) is 5.02 Å². The van der Waals surface area contributed by atoms with Crippen LogP contribution in [-0.2, 0) is 4.74 Å². The van der Waals surface area contributed by atoms with Crippen LogP contribution in [0.3, 0.4) is 0 Å². The molecule has 214 valence electrons. The number of amides is 1. The van der Waals surface area contributed by atoms with Crippen LogP contribution in [0.15, 0.2) is 60.8 Å². The van der Waals surface area contributed by atoms with Gasteiger partial charge in [0.25, 0.3) is 0 Å². The van der Waals surface area contributed by atoms with Gasteiger partial charge in [0, 0.05) is 12.2 Å². The van der Waals surface area contributed by atoms with Crippen molar-refractivity contribution in [3.63, 3.8) is 0 Å². The molecular weight excluding hydrogens is 552 g/mol. The minimum Gasteiger partial charge on any atom is -0.492 e. The number of carboxylic acid groups (broad SMARTS) is 1. The lowest BCUT2D eigenvalue weighted by molar-refractivity contribution is -0.0366. The van der Waals surface area contributed by atoms with Crippen LogP contribution < -0.4 is 10.1 Å². The van der Waals surface area contributed by atoms with E-state index in [1.54, 1.807) is 28.9 Å². The van der Waals surface area contributed by atoms with E-state index in [9.17, 15) is 9.18 Å². The van der Waals surface area contributed by atoms with E-state index in [2.05, 4.69) is 10.4 Å². The number of rotatable bonds is 9. The maximum absolute atomic E-state index is 16.4. The topological polar surface area (TPSA) is 85.6 Å². The molecule has 1 fully saturated rings. The van der Waals surface area contributed by atoms with E-state index in [1.807, 2.05) is 25.1 Å². The van der Waals surface area contributed by atoms with Crippen molar-refractivity contribution in [2.75, 3.05) is 19.8 Å².